The Bertz CT molecular complexity index is 1520. The third-order valence-corrected chi connectivity index (χ3v) is 7.49. The predicted molar refractivity (Wildman–Crippen MR) is 136 cm³/mol. The molecule has 0 saturated carbocycles. The third-order valence-electron chi connectivity index (χ3n) is 6.18. The zero-order valence-corrected chi connectivity index (χ0v) is 20.4. The fraction of sp³-hybridized carbons (Fsp3) is 0.240. The quantitative estimate of drug-likeness (QED) is 0.387. The highest BCUT2D eigenvalue weighted by Crippen LogP contribution is 2.36. The highest BCUT2D eigenvalue weighted by atomic mass is 32.2. The molecule has 1 aliphatic heterocycles. The van der Waals surface area contributed by atoms with Crippen LogP contribution >= 0.6 is 0 Å². The molecule has 0 unspecified atom stereocenters. The number of rotatable bonds is 7. The molecule has 36 heavy (non-hydrogen) atoms. The number of aromatic nitrogens is 3. The molecule has 1 fully saturated rings. The van der Waals surface area contributed by atoms with Crippen LogP contribution in [0.15, 0.2) is 67.0 Å². The van der Waals surface area contributed by atoms with Crippen LogP contribution in [-0.4, -0.2) is 41.2 Å². The molecule has 2 aromatic carbocycles. The van der Waals surface area contributed by atoms with Gasteiger partial charge in [0.25, 0.3) is 5.91 Å². The van der Waals surface area contributed by atoms with E-state index in [9.17, 15) is 17.6 Å². The molecule has 0 spiro atoms. The van der Waals surface area contributed by atoms with Crippen molar-refractivity contribution >= 4 is 38.8 Å². The summed E-state index contributed by atoms with van der Waals surface area (Å²) < 4.78 is 41.3. The molecular formula is C25H25FN6O3S. The zero-order chi connectivity index (χ0) is 25.3. The van der Waals surface area contributed by atoms with Gasteiger partial charge in [0.15, 0.2) is 5.65 Å². The van der Waals surface area contributed by atoms with Gasteiger partial charge in [-0.3, -0.25) is 9.52 Å². The Labute approximate surface area is 208 Å². The first kappa shape index (κ1) is 23.7. The van der Waals surface area contributed by atoms with Gasteiger partial charge < -0.3 is 10.2 Å². The van der Waals surface area contributed by atoms with E-state index in [1.165, 1.54) is 24.4 Å². The van der Waals surface area contributed by atoms with Crippen molar-refractivity contribution in [3.05, 3.63) is 83.9 Å². The van der Waals surface area contributed by atoms with Crippen molar-refractivity contribution in [2.45, 2.75) is 25.8 Å². The van der Waals surface area contributed by atoms with Crippen molar-refractivity contribution in [1.82, 2.24) is 14.6 Å². The minimum Gasteiger partial charge on any atom is -0.349 e. The van der Waals surface area contributed by atoms with Gasteiger partial charge in [-0.2, -0.15) is 5.10 Å². The van der Waals surface area contributed by atoms with Crippen molar-refractivity contribution in [2.24, 2.45) is 0 Å². The number of anilines is 3. The maximum Gasteiger partial charge on any atom is 0.255 e. The molecular weight excluding hydrogens is 483 g/mol. The average Bonchev–Trinajstić information content (AvgIpc) is 3.51. The highest BCUT2D eigenvalue weighted by molar-refractivity contribution is 7.92. The van der Waals surface area contributed by atoms with E-state index in [-0.39, 0.29) is 23.5 Å². The van der Waals surface area contributed by atoms with Crippen molar-refractivity contribution < 1.29 is 17.6 Å². The molecule has 5 rings (SSSR count). The summed E-state index contributed by atoms with van der Waals surface area (Å²) in [6, 6.07) is 14.7. The number of halogens is 1. The number of carbonyl (C=O) groups is 1. The van der Waals surface area contributed by atoms with Crippen LogP contribution in [0.3, 0.4) is 0 Å². The summed E-state index contributed by atoms with van der Waals surface area (Å²) in [7, 11) is -3.40. The molecule has 186 valence electrons. The van der Waals surface area contributed by atoms with E-state index >= 15 is 0 Å². The lowest BCUT2D eigenvalue weighted by Crippen LogP contribution is -2.24. The van der Waals surface area contributed by atoms with Gasteiger partial charge in [-0.05, 0) is 67.8 Å². The van der Waals surface area contributed by atoms with Crippen molar-refractivity contribution in [3.8, 4) is 0 Å². The number of hydrogen-bond acceptors (Lipinski definition) is 6. The second kappa shape index (κ2) is 9.57. The van der Waals surface area contributed by atoms with Gasteiger partial charge in [-0.1, -0.05) is 12.1 Å². The van der Waals surface area contributed by atoms with Gasteiger partial charge >= 0.3 is 0 Å². The fourth-order valence-corrected chi connectivity index (χ4v) is 4.98. The van der Waals surface area contributed by atoms with E-state index in [1.807, 2.05) is 12.1 Å². The molecule has 1 aliphatic rings. The smallest absolute Gasteiger partial charge is 0.255 e. The minimum atomic E-state index is -3.40. The van der Waals surface area contributed by atoms with Gasteiger partial charge in [-0.15, -0.1) is 0 Å². The average molecular weight is 509 g/mol. The number of carbonyl (C=O) groups excluding carboxylic acids is 1. The van der Waals surface area contributed by atoms with E-state index in [4.69, 9.17) is 4.98 Å². The number of nitrogens with one attached hydrogen (secondary N) is 2. The molecule has 1 amide bonds. The van der Waals surface area contributed by atoms with Crippen LogP contribution in [-0.2, 0) is 10.0 Å². The first-order valence-corrected chi connectivity index (χ1v) is 13.3. The fourth-order valence-electron chi connectivity index (χ4n) is 4.34. The number of fused-ring (bicyclic) bond motifs is 1. The van der Waals surface area contributed by atoms with Gasteiger partial charge in [0.1, 0.15) is 17.3 Å². The van der Waals surface area contributed by atoms with Crippen LogP contribution in [0.1, 0.15) is 41.7 Å². The Morgan fingerprint density at radius 3 is 2.72 bits per heavy atom. The molecule has 0 aliphatic carbocycles. The summed E-state index contributed by atoms with van der Waals surface area (Å²) in [6.07, 6.45) is 5.16. The Morgan fingerprint density at radius 1 is 1.17 bits per heavy atom. The van der Waals surface area contributed by atoms with Crippen LogP contribution in [0.2, 0.25) is 0 Å². The van der Waals surface area contributed by atoms with Gasteiger partial charge in [0.2, 0.25) is 10.0 Å². The lowest BCUT2D eigenvalue weighted by Gasteiger charge is -2.26. The molecule has 2 N–H and O–H groups in total. The molecule has 0 radical (unpaired) electrons. The Hall–Kier alpha value is -3.99. The van der Waals surface area contributed by atoms with E-state index in [0.717, 1.165) is 30.8 Å². The van der Waals surface area contributed by atoms with E-state index in [1.54, 1.807) is 41.9 Å². The van der Waals surface area contributed by atoms with Crippen molar-refractivity contribution in [3.63, 3.8) is 0 Å². The lowest BCUT2D eigenvalue weighted by molar-refractivity contribution is 0.102. The maximum atomic E-state index is 13.8. The van der Waals surface area contributed by atoms with E-state index in [2.05, 4.69) is 20.0 Å². The van der Waals surface area contributed by atoms with Crippen molar-refractivity contribution in [2.75, 3.05) is 27.2 Å². The molecule has 11 heteroatoms. The van der Waals surface area contributed by atoms with Crippen LogP contribution in [0.5, 0.6) is 0 Å². The van der Waals surface area contributed by atoms with Crippen LogP contribution in [0.25, 0.3) is 5.65 Å². The number of benzene rings is 2. The van der Waals surface area contributed by atoms with Gasteiger partial charge in [-0.25, -0.2) is 22.3 Å². The highest BCUT2D eigenvalue weighted by Gasteiger charge is 2.28. The summed E-state index contributed by atoms with van der Waals surface area (Å²) in [5, 5.41) is 7.12. The molecule has 4 aromatic rings. The molecule has 9 nitrogen and oxygen atoms in total. The van der Waals surface area contributed by atoms with Crippen LogP contribution in [0.4, 0.5) is 21.6 Å². The number of amides is 1. The first-order chi connectivity index (χ1) is 17.3. The van der Waals surface area contributed by atoms with E-state index < -0.39 is 10.0 Å². The normalized spacial score (nSPS) is 15.8. The SMILES string of the molecule is CCS(=O)(=O)Nc1ccc(C(=O)Nc2cnn3ccc(N4CCC[C@@H]4c4cccc(F)c4)nc23)cc1. The number of nitrogens with zero attached hydrogens (tertiary/aromatic N) is 4. The third kappa shape index (κ3) is 4.87. The number of sulfonamides is 1. The summed E-state index contributed by atoms with van der Waals surface area (Å²) in [4.78, 5) is 19.8. The molecule has 3 heterocycles. The monoisotopic (exact) mass is 508 g/mol. The Balaban J connectivity index is 1.36. The summed E-state index contributed by atoms with van der Waals surface area (Å²) >= 11 is 0. The number of hydrogen-bond donors (Lipinski definition) is 2. The Morgan fingerprint density at radius 2 is 1.97 bits per heavy atom. The summed E-state index contributed by atoms with van der Waals surface area (Å²) in [5.74, 6) is 0.0392. The lowest BCUT2D eigenvalue weighted by atomic mass is 10.0. The zero-order valence-electron chi connectivity index (χ0n) is 19.6. The minimum absolute atomic E-state index is 0.0141. The Kier molecular flexibility index (Phi) is 6.31. The second-order valence-electron chi connectivity index (χ2n) is 8.56. The first-order valence-electron chi connectivity index (χ1n) is 11.6. The summed E-state index contributed by atoms with van der Waals surface area (Å²) in [6.45, 7) is 2.33. The molecule has 1 saturated heterocycles. The maximum absolute atomic E-state index is 13.8. The van der Waals surface area contributed by atoms with Gasteiger partial charge in [0, 0.05) is 24.0 Å². The standard InChI is InChI=1S/C25H25FN6O3S/c1-2-36(34,35)30-20-10-8-17(9-11-20)25(33)28-21-16-27-32-14-12-23(29-24(21)32)31-13-4-7-22(31)18-5-3-6-19(26)15-18/h3,5-6,8-12,14-16,22,30H,2,4,7,13H2,1H3,(H,28,33)/t22-/m1/s1. The predicted octanol–water partition coefficient (Wildman–Crippen LogP) is 4.22. The molecule has 0 bridgehead atoms. The van der Waals surface area contributed by atoms with Crippen LogP contribution < -0.4 is 14.9 Å². The van der Waals surface area contributed by atoms with Gasteiger partial charge in [0.05, 0.1) is 18.0 Å². The largest absolute Gasteiger partial charge is 0.349 e. The topological polar surface area (TPSA) is 109 Å². The second-order valence-corrected chi connectivity index (χ2v) is 10.6. The molecule has 1 atom stereocenters. The van der Waals surface area contributed by atoms with Crippen LogP contribution in [0, 0.1) is 5.82 Å². The van der Waals surface area contributed by atoms with E-state index in [0.29, 0.717) is 22.6 Å². The molecule has 2 aromatic heterocycles. The van der Waals surface area contributed by atoms with Crippen molar-refractivity contribution in [1.29, 1.82) is 0 Å². The summed E-state index contributed by atoms with van der Waals surface area (Å²) in [5.41, 5.74) is 2.57.